The van der Waals surface area contributed by atoms with E-state index in [1.165, 1.54) is 32.1 Å². The van der Waals surface area contributed by atoms with Gasteiger partial charge in [0.2, 0.25) is 0 Å². The van der Waals surface area contributed by atoms with Gasteiger partial charge in [-0.1, -0.05) is 19.3 Å². The molecule has 1 heterocycles. The molecule has 0 spiro atoms. The van der Waals surface area contributed by atoms with Crippen LogP contribution in [0.4, 0.5) is 0 Å². The van der Waals surface area contributed by atoms with Crippen LogP contribution in [0.5, 0.6) is 0 Å². The highest BCUT2D eigenvalue weighted by atomic mass is 16.5. The molecule has 0 radical (unpaired) electrons. The number of rotatable bonds is 2. The smallest absolute Gasteiger partial charge is 0.189 e. The summed E-state index contributed by atoms with van der Waals surface area (Å²) in [6.07, 6.45) is 8.51. The van der Waals surface area contributed by atoms with Gasteiger partial charge in [-0.05, 0) is 25.7 Å². The fourth-order valence-corrected chi connectivity index (χ4v) is 2.50. The molecule has 0 bridgehead atoms. The third-order valence-electron chi connectivity index (χ3n) is 3.47. The van der Waals surface area contributed by atoms with Crippen LogP contribution in [0.2, 0.25) is 0 Å². The summed E-state index contributed by atoms with van der Waals surface area (Å²) in [5.41, 5.74) is 5.93. The molecule has 16 heavy (non-hydrogen) atoms. The monoisotopic (exact) mass is 225 g/mol. The Morgan fingerprint density at radius 3 is 2.44 bits per heavy atom. The number of nitrogens with zero attached hydrogens (tertiary/aromatic N) is 1. The number of nitrogens with one attached hydrogen (secondary N) is 1. The Morgan fingerprint density at radius 2 is 1.75 bits per heavy atom. The summed E-state index contributed by atoms with van der Waals surface area (Å²) < 4.78 is 5.30. The van der Waals surface area contributed by atoms with Gasteiger partial charge in [-0.2, -0.15) is 0 Å². The standard InChI is InChI=1S/C12H23N3O/c13-12(14-10-4-2-1-3-5-10)15-11-6-8-16-9-7-11/h10-11H,1-9H2,(H3,13,14,15). The highest BCUT2D eigenvalue weighted by Crippen LogP contribution is 2.17. The van der Waals surface area contributed by atoms with Crippen molar-refractivity contribution in [1.82, 2.24) is 5.32 Å². The van der Waals surface area contributed by atoms with Gasteiger partial charge in [0.25, 0.3) is 0 Å². The van der Waals surface area contributed by atoms with E-state index in [-0.39, 0.29) is 0 Å². The summed E-state index contributed by atoms with van der Waals surface area (Å²) in [7, 11) is 0. The first-order chi connectivity index (χ1) is 7.84. The summed E-state index contributed by atoms with van der Waals surface area (Å²) >= 11 is 0. The van der Waals surface area contributed by atoms with Crippen molar-refractivity contribution in [2.24, 2.45) is 10.7 Å². The number of guanidine groups is 1. The average Bonchev–Trinajstić information content (AvgIpc) is 2.31. The topological polar surface area (TPSA) is 59.6 Å². The maximum atomic E-state index is 5.93. The molecule has 1 saturated carbocycles. The third kappa shape index (κ3) is 3.67. The zero-order valence-corrected chi connectivity index (χ0v) is 9.95. The molecule has 1 aliphatic heterocycles. The number of hydrogen-bond acceptors (Lipinski definition) is 2. The van der Waals surface area contributed by atoms with Gasteiger partial charge in [0.15, 0.2) is 5.96 Å². The molecule has 0 atom stereocenters. The van der Waals surface area contributed by atoms with E-state index < -0.39 is 0 Å². The highest BCUT2D eigenvalue weighted by molar-refractivity contribution is 5.78. The Morgan fingerprint density at radius 1 is 1.06 bits per heavy atom. The summed E-state index contributed by atoms with van der Waals surface area (Å²) in [5, 5.41) is 3.35. The lowest BCUT2D eigenvalue weighted by Gasteiger charge is -2.24. The second-order valence-electron chi connectivity index (χ2n) is 4.84. The highest BCUT2D eigenvalue weighted by Gasteiger charge is 2.16. The van der Waals surface area contributed by atoms with E-state index in [9.17, 15) is 0 Å². The Kier molecular flexibility index (Phi) is 4.45. The van der Waals surface area contributed by atoms with Crippen LogP contribution >= 0.6 is 0 Å². The van der Waals surface area contributed by atoms with E-state index in [4.69, 9.17) is 10.5 Å². The van der Waals surface area contributed by atoms with Crippen molar-refractivity contribution in [3.05, 3.63) is 0 Å². The number of nitrogens with two attached hydrogens (primary N) is 1. The number of ether oxygens (including phenoxy) is 1. The fraction of sp³-hybridized carbons (Fsp3) is 0.917. The molecule has 2 aliphatic rings. The molecule has 4 nitrogen and oxygen atoms in total. The van der Waals surface area contributed by atoms with E-state index in [2.05, 4.69) is 10.3 Å². The molecule has 0 amide bonds. The minimum Gasteiger partial charge on any atom is -0.381 e. The molecule has 0 unspecified atom stereocenters. The second kappa shape index (κ2) is 6.09. The Hall–Kier alpha value is -0.770. The Balaban J connectivity index is 1.76. The summed E-state index contributed by atoms with van der Waals surface area (Å²) in [5.74, 6) is 0.638. The van der Waals surface area contributed by atoms with Gasteiger partial charge in [0, 0.05) is 19.3 Å². The Labute approximate surface area is 97.6 Å². The van der Waals surface area contributed by atoms with Gasteiger partial charge in [0.1, 0.15) is 0 Å². The molecule has 4 heteroatoms. The van der Waals surface area contributed by atoms with Crippen molar-refractivity contribution in [2.45, 2.75) is 57.0 Å². The summed E-state index contributed by atoms with van der Waals surface area (Å²) in [6, 6.07) is 0.919. The minimum absolute atomic E-state index is 0.366. The van der Waals surface area contributed by atoms with Crippen molar-refractivity contribution >= 4 is 5.96 Å². The molecule has 2 rings (SSSR count). The van der Waals surface area contributed by atoms with Crippen molar-refractivity contribution in [3.63, 3.8) is 0 Å². The SMILES string of the molecule is NC(=NC1CCOCC1)NC1CCCCC1. The van der Waals surface area contributed by atoms with Crippen LogP contribution in [0.3, 0.4) is 0 Å². The lowest BCUT2D eigenvalue weighted by atomic mass is 9.96. The number of aliphatic imine (C=N–C) groups is 1. The summed E-state index contributed by atoms with van der Waals surface area (Å²) in [4.78, 5) is 4.53. The maximum absolute atomic E-state index is 5.93. The molecule has 1 saturated heterocycles. The molecule has 1 aliphatic carbocycles. The molecule has 0 aromatic rings. The van der Waals surface area contributed by atoms with E-state index in [0.29, 0.717) is 18.0 Å². The van der Waals surface area contributed by atoms with Crippen LogP contribution in [0.15, 0.2) is 4.99 Å². The molecule has 92 valence electrons. The molecule has 2 fully saturated rings. The van der Waals surface area contributed by atoms with Crippen molar-refractivity contribution in [3.8, 4) is 0 Å². The average molecular weight is 225 g/mol. The van der Waals surface area contributed by atoms with E-state index in [1.54, 1.807) is 0 Å². The zero-order valence-electron chi connectivity index (χ0n) is 9.95. The third-order valence-corrected chi connectivity index (χ3v) is 3.47. The van der Waals surface area contributed by atoms with Gasteiger partial charge in [-0.25, -0.2) is 4.99 Å². The first-order valence-electron chi connectivity index (χ1n) is 6.52. The van der Waals surface area contributed by atoms with Crippen LogP contribution in [-0.2, 0) is 4.74 Å². The molecule has 0 aromatic carbocycles. The fourth-order valence-electron chi connectivity index (χ4n) is 2.50. The van der Waals surface area contributed by atoms with Crippen LogP contribution in [0.1, 0.15) is 44.9 Å². The minimum atomic E-state index is 0.366. The molecule has 3 N–H and O–H groups in total. The van der Waals surface area contributed by atoms with Gasteiger partial charge in [-0.3, -0.25) is 0 Å². The first-order valence-corrected chi connectivity index (χ1v) is 6.52. The van der Waals surface area contributed by atoms with Crippen LogP contribution < -0.4 is 11.1 Å². The van der Waals surface area contributed by atoms with Crippen molar-refractivity contribution in [1.29, 1.82) is 0 Å². The van der Waals surface area contributed by atoms with Gasteiger partial charge in [-0.15, -0.1) is 0 Å². The molecular formula is C12H23N3O. The van der Waals surface area contributed by atoms with E-state index in [0.717, 1.165) is 26.1 Å². The second-order valence-corrected chi connectivity index (χ2v) is 4.84. The van der Waals surface area contributed by atoms with Crippen molar-refractivity contribution in [2.75, 3.05) is 13.2 Å². The summed E-state index contributed by atoms with van der Waals surface area (Å²) in [6.45, 7) is 1.65. The largest absolute Gasteiger partial charge is 0.381 e. The van der Waals surface area contributed by atoms with Crippen LogP contribution in [0.25, 0.3) is 0 Å². The van der Waals surface area contributed by atoms with Crippen LogP contribution in [-0.4, -0.2) is 31.3 Å². The molecule has 0 aromatic heterocycles. The predicted molar refractivity (Wildman–Crippen MR) is 65.5 cm³/mol. The van der Waals surface area contributed by atoms with E-state index >= 15 is 0 Å². The number of hydrogen-bond donors (Lipinski definition) is 2. The van der Waals surface area contributed by atoms with Crippen molar-refractivity contribution < 1.29 is 4.74 Å². The first kappa shape index (κ1) is 11.7. The lowest BCUT2D eigenvalue weighted by Crippen LogP contribution is -2.42. The van der Waals surface area contributed by atoms with Gasteiger partial charge in [0.05, 0.1) is 6.04 Å². The molecular weight excluding hydrogens is 202 g/mol. The van der Waals surface area contributed by atoms with Crippen LogP contribution in [0, 0.1) is 0 Å². The lowest BCUT2D eigenvalue weighted by molar-refractivity contribution is 0.0870. The van der Waals surface area contributed by atoms with Gasteiger partial charge >= 0.3 is 0 Å². The normalized spacial score (nSPS) is 25.6. The Bertz CT molecular complexity index is 230. The van der Waals surface area contributed by atoms with Gasteiger partial charge < -0.3 is 15.8 Å². The zero-order chi connectivity index (χ0) is 11.2. The quantitative estimate of drug-likeness (QED) is 0.551. The van der Waals surface area contributed by atoms with E-state index in [1.807, 2.05) is 0 Å². The maximum Gasteiger partial charge on any atom is 0.189 e. The predicted octanol–water partition coefficient (Wildman–Crippen LogP) is 1.40.